The summed E-state index contributed by atoms with van der Waals surface area (Å²) in [5.41, 5.74) is 5.83. The monoisotopic (exact) mass is 279 g/mol. The smallest absolute Gasteiger partial charge is 0.251 e. The van der Waals surface area contributed by atoms with Crippen LogP contribution in [-0.4, -0.2) is 29.7 Å². The van der Waals surface area contributed by atoms with E-state index in [1.165, 1.54) is 29.3 Å². The van der Waals surface area contributed by atoms with Gasteiger partial charge in [-0.15, -0.1) is 0 Å². The number of carbonyl (C=O) groups is 1. The van der Waals surface area contributed by atoms with E-state index in [0.717, 1.165) is 25.9 Å². The second-order valence-electron chi connectivity index (χ2n) is 5.06. The van der Waals surface area contributed by atoms with E-state index < -0.39 is 0 Å². The molecule has 0 aromatic carbocycles. The van der Waals surface area contributed by atoms with Gasteiger partial charge in [-0.3, -0.25) is 9.59 Å². The van der Waals surface area contributed by atoms with Gasteiger partial charge >= 0.3 is 0 Å². The van der Waals surface area contributed by atoms with Crippen LogP contribution in [0.1, 0.15) is 25.7 Å². The maximum Gasteiger partial charge on any atom is 0.251 e. The maximum absolute atomic E-state index is 11.8. The summed E-state index contributed by atoms with van der Waals surface area (Å²) in [6.07, 6.45) is 5.92. The Hall–Kier alpha value is -1.82. The van der Waals surface area contributed by atoms with Crippen molar-refractivity contribution in [2.75, 3.05) is 18.9 Å². The average Bonchev–Trinajstić information content (AvgIpc) is 2.44. The summed E-state index contributed by atoms with van der Waals surface area (Å²) in [6.45, 7) is 1.38. The molecule has 2 rings (SSSR count). The number of amides is 1. The fourth-order valence-corrected chi connectivity index (χ4v) is 2.29. The third-order valence-electron chi connectivity index (χ3n) is 3.38. The summed E-state index contributed by atoms with van der Waals surface area (Å²) in [7, 11) is 0. The van der Waals surface area contributed by atoms with Crippen molar-refractivity contribution in [3.05, 3.63) is 28.7 Å². The Morgan fingerprint density at radius 2 is 2.30 bits per heavy atom. The summed E-state index contributed by atoms with van der Waals surface area (Å²) in [5, 5.41) is 2.81. The van der Waals surface area contributed by atoms with Gasteiger partial charge in [0.1, 0.15) is 6.54 Å². The van der Waals surface area contributed by atoms with Crippen molar-refractivity contribution in [1.82, 2.24) is 9.88 Å². The second-order valence-corrected chi connectivity index (χ2v) is 5.06. The molecule has 1 aliphatic heterocycles. The molecule has 0 spiro atoms. The van der Waals surface area contributed by atoms with Crippen molar-refractivity contribution >= 4 is 11.6 Å². The lowest BCUT2D eigenvalue weighted by atomic mass is 10.1. The second kappa shape index (κ2) is 7.09. The molecule has 20 heavy (non-hydrogen) atoms. The van der Waals surface area contributed by atoms with Crippen LogP contribution in [0.5, 0.6) is 0 Å². The molecule has 1 unspecified atom stereocenters. The number of nitrogens with two attached hydrogens (primary N) is 1. The molecule has 1 amide bonds. The molecule has 1 aromatic rings. The first-order chi connectivity index (χ1) is 9.65. The van der Waals surface area contributed by atoms with Crippen molar-refractivity contribution in [3.8, 4) is 0 Å². The first-order valence-corrected chi connectivity index (χ1v) is 6.99. The molecule has 6 nitrogen and oxygen atoms in total. The molecule has 0 bridgehead atoms. The third kappa shape index (κ3) is 4.38. The summed E-state index contributed by atoms with van der Waals surface area (Å²) < 4.78 is 6.90. The number of nitrogens with one attached hydrogen (secondary N) is 1. The normalized spacial score (nSPS) is 18.7. The highest BCUT2D eigenvalue weighted by atomic mass is 16.5. The number of nitrogen functional groups attached to an aromatic ring is 1. The van der Waals surface area contributed by atoms with Crippen LogP contribution in [0.4, 0.5) is 5.69 Å². The number of aromatic nitrogens is 1. The van der Waals surface area contributed by atoms with Crippen LogP contribution < -0.4 is 16.6 Å². The number of rotatable bonds is 5. The Labute approximate surface area is 117 Å². The fourth-order valence-electron chi connectivity index (χ4n) is 2.29. The number of anilines is 1. The average molecular weight is 279 g/mol. The number of hydrogen-bond acceptors (Lipinski definition) is 4. The molecule has 1 aromatic heterocycles. The van der Waals surface area contributed by atoms with Gasteiger partial charge in [-0.1, -0.05) is 0 Å². The molecule has 0 radical (unpaired) electrons. The van der Waals surface area contributed by atoms with E-state index in [9.17, 15) is 9.59 Å². The van der Waals surface area contributed by atoms with Crippen molar-refractivity contribution in [2.45, 2.75) is 38.3 Å². The number of carbonyl (C=O) groups excluding carboxylic acids is 1. The van der Waals surface area contributed by atoms with E-state index in [2.05, 4.69) is 5.32 Å². The van der Waals surface area contributed by atoms with Gasteiger partial charge in [-0.05, 0) is 31.7 Å². The van der Waals surface area contributed by atoms with Crippen LogP contribution >= 0.6 is 0 Å². The van der Waals surface area contributed by atoms with Crippen molar-refractivity contribution in [2.24, 2.45) is 0 Å². The highest BCUT2D eigenvalue weighted by Gasteiger charge is 2.13. The van der Waals surface area contributed by atoms with Crippen LogP contribution in [-0.2, 0) is 16.1 Å². The minimum Gasteiger partial charge on any atom is -0.398 e. The number of hydrogen-bond donors (Lipinski definition) is 2. The lowest BCUT2D eigenvalue weighted by molar-refractivity contribution is -0.121. The van der Waals surface area contributed by atoms with Gasteiger partial charge in [0.05, 0.1) is 6.10 Å². The van der Waals surface area contributed by atoms with Crippen LogP contribution in [0.3, 0.4) is 0 Å². The summed E-state index contributed by atoms with van der Waals surface area (Å²) in [5.74, 6) is -0.187. The Bertz CT molecular complexity index is 507. The molecule has 1 aliphatic rings. The van der Waals surface area contributed by atoms with E-state index in [0.29, 0.717) is 12.2 Å². The molecule has 1 saturated heterocycles. The van der Waals surface area contributed by atoms with Crippen LogP contribution in [0.25, 0.3) is 0 Å². The van der Waals surface area contributed by atoms with E-state index in [-0.39, 0.29) is 24.1 Å². The molecule has 3 N–H and O–H groups in total. The van der Waals surface area contributed by atoms with Gasteiger partial charge in [-0.25, -0.2) is 0 Å². The molecule has 6 heteroatoms. The summed E-state index contributed by atoms with van der Waals surface area (Å²) in [6, 6.07) is 2.88. The van der Waals surface area contributed by atoms with Gasteiger partial charge in [0.2, 0.25) is 5.91 Å². The first kappa shape index (κ1) is 14.6. The van der Waals surface area contributed by atoms with Gasteiger partial charge in [0.25, 0.3) is 5.56 Å². The molecule has 2 heterocycles. The van der Waals surface area contributed by atoms with E-state index >= 15 is 0 Å². The quantitative estimate of drug-likeness (QED) is 0.822. The highest BCUT2D eigenvalue weighted by Crippen LogP contribution is 2.14. The van der Waals surface area contributed by atoms with Gasteiger partial charge < -0.3 is 20.4 Å². The molecule has 110 valence electrons. The van der Waals surface area contributed by atoms with E-state index in [1.54, 1.807) is 0 Å². The zero-order valence-electron chi connectivity index (χ0n) is 11.5. The van der Waals surface area contributed by atoms with Crippen LogP contribution in [0.15, 0.2) is 23.1 Å². The Balaban J connectivity index is 1.74. The largest absolute Gasteiger partial charge is 0.398 e. The molecular weight excluding hydrogens is 258 g/mol. The van der Waals surface area contributed by atoms with Crippen LogP contribution in [0.2, 0.25) is 0 Å². The van der Waals surface area contributed by atoms with Crippen molar-refractivity contribution < 1.29 is 9.53 Å². The topological polar surface area (TPSA) is 86.4 Å². The van der Waals surface area contributed by atoms with Crippen molar-refractivity contribution in [1.29, 1.82) is 0 Å². The van der Waals surface area contributed by atoms with Crippen LogP contribution in [0, 0.1) is 0 Å². The zero-order valence-corrected chi connectivity index (χ0v) is 11.5. The highest BCUT2D eigenvalue weighted by molar-refractivity contribution is 5.75. The Morgan fingerprint density at radius 1 is 1.45 bits per heavy atom. The molecule has 0 saturated carbocycles. The Kier molecular flexibility index (Phi) is 5.17. The number of nitrogens with zero attached hydrogens (tertiary/aromatic N) is 1. The Morgan fingerprint density at radius 3 is 3.05 bits per heavy atom. The lowest BCUT2D eigenvalue weighted by Gasteiger charge is -2.22. The molecule has 1 fully saturated rings. The predicted molar refractivity (Wildman–Crippen MR) is 76.3 cm³/mol. The SMILES string of the molecule is Nc1ccc(=O)n(CC(=O)NCCC2CCCCO2)c1. The van der Waals surface area contributed by atoms with E-state index in [4.69, 9.17) is 10.5 Å². The van der Waals surface area contributed by atoms with Crippen molar-refractivity contribution in [3.63, 3.8) is 0 Å². The molecule has 0 aliphatic carbocycles. The maximum atomic E-state index is 11.8. The summed E-state index contributed by atoms with van der Waals surface area (Å²) >= 11 is 0. The zero-order chi connectivity index (χ0) is 14.4. The first-order valence-electron chi connectivity index (χ1n) is 6.99. The minimum atomic E-state index is -0.232. The van der Waals surface area contributed by atoms with E-state index in [1.807, 2.05) is 0 Å². The predicted octanol–water partition coefficient (Wildman–Crippen LogP) is 0.506. The third-order valence-corrected chi connectivity index (χ3v) is 3.38. The standard InChI is InChI=1S/C14H21N3O3/c15-11-4-5-14(19)17(9-11)10-13(18)16-7-6-12-3-1-2-8-20-12/h4-5,9,12H,1-3,6-8,10,15H2,(H,16,18). The fraction of sp³-hybridized carbons (Fsp3) is 0.571. The van der Waals surface area contributed by atoms with Gasteiger partial charge in [0, 0.05) is 31.1 Å². The lowest BCUT2D eigenvalue weighted by Crippen LogP contribution is -2.34. The van der Waals surface area contributed by atoms with Gasteiger partial charge in [-0.2, -0.15) is 0 Å². The summed E-state index contributed by atoms with van der Waals surface area (Å²) in [4.78, 5) is 23.3. The van der Waals surface area contributed by atoms with Gasteiger partial charge in [0.15, 0.2) is 0 Å². The number of pyridine rings is 1. The number of ether oxygens (including phenoxy) is 1. The molecule has 1 atom stereocenters. The molecular formula is C14H21N3O3. The minimum absolute atomic E-state index is 0.00457.